The van der Waals surface area contributed by atoms with Crippen molar-refractivity contribution in [2.75, 3.05) is 18.9 Å². The van der Waals surface area contributed by atoms with Crippen molar-refractivity contribution in [2.45, 2.75) is 44.4 Å². The molecule has 0 bridgehead atoms. The number of H-pyrrole nitrogens is 1. The molecular formula is C19H25N5O7. The maximum Gasteiger partial charge on any atom is 0.351 e. The summed E-state index contributed by atoms with van der Waals surface area (Å²) in [5, 5.41) is 17.8. The molecule has 12 nitrogen and oxygen atoms in total. The number of aromatic amines is 1. The van der Waals surface area contributed by atoms with Crippen LogP contribution in [0.3, 0.4) is 0 Å². The summed E-state index contributed by atoms with van der Waals surface area (Å²) in [4.78, 5) is 39.9. The lowest BCUT2D eigenvalue weighted by Gasteiger charge is -2.14. The highest BCUT2D eigenvalue weighted by atomic mass is 16.5. The molecule has 0 saturated carbocycles. The van der Waals surface area contributed by atoms with Gasteiger partial charge in [0.1, 0.15) is 18.1 Å². The standard InChI is InChI=1S/C10H12N2O4.C9H13N3O3/c1-6-4-12(10(15)11-9(6)14)8-3-2-7(5-13)16-8;10-7-3-4-12(9(14)11-7)8-2-1-6(5-13)15-8/h2-4,7-8,13H,5H2,1H3,(H,11,14,15);3-4,6,8,13H,1-2,5H2,(H2,10,11,14)/t7-,8+;6-,8+/m00/s1. The zero-order valence-electron chi connectivity index (χ0n) is 16.9. The first-order chi connectivity index (χ1) is 14.8. The smallest absolute Gasteiger partial charge is 0.351 e. The third-order valence-electron chi connectivity index (χ3n) is 4.86. The molecule has 4 atom stereocenters. The predicted octanol–water partition coefficient (Wildman–Crippen LogP) is -1.21. The van der Waals surface area contributed by atoms with Gasteiger partial charge in [-0.3, -0.25) is 18.9 Å². The van der Waals surface area contributed by atoms with Crippen molar-refractivity contribution in [3.63, 3.8) is 0 Å². The van der Waals surface area contributed by atoms with Crippen LogP contribution in [0.1, 0.15) is 30.9 Å². The second-order valence-electron chi connectivity index (χ2n) is 7.13. The van der Waals surface area contributed by atoms with E-state index in [-0.39, 0.29) is 31.4 Å². The van der Waals surface area contributed by atoms with E-state index >= 15 is 0 Å². The van der Waals surface area contributed by atoms with Crippen LogP contribution >= 0.6 is 0 Å². The van der Waals surface area contributed by atoms with Gasteiger partial charge in [0.25, 0.3) is 5.56 Å². The Hall–Kier alpha value is -3.06. The molecule has 1 saturated heterocycles. The first-order valence-electron chi connectivity index (χ1n) is 9.70. The zero-order valence-corrected chi connectivity index (χ0v) is 16.9. The molecule has 5 N–H and O–H groups in total. The Bertz CT molecular complexity index is 1110. The van der Waals surface area contributed by atoms with Crippen LogP contribution in [0.25, 0.3) is 0 Å². The van der Waals surface area contributed by atoms with Crippen LogP contribution < -0.4 is 22.7 Å². The number of nitrogens with zero attached hydrogens (tertiary/aromatic N) is 3. The van der Waals surface area contributed by atoms with E-state index in [4.69, 9.17) is 25.4 Å². The second-order valence-corrected chi connectivity index (χ2v) is 7.13. The summed E-state index contributed by atoms with van der Waals surface area (Å²) in [5.74, 6) is 0.202. The van der Waals surface area contributed by atoms with Crippen LogP contribution in [0, 0.1) is 6.92 Å². The summed E-state index contributed by atoms with van der Waals surface area (Å²) in [6, 6.07) is 1.55. The van der Waals surface area contributed by atoms with E-state index < -0.39 is 29.3 Å². The molecule has 12 heteroatoms. The number of aryl methyl sites for hydroxylation is 1. The van der Waals surface area contributed by atoms with E-state index in [0.717, 1.165) is 6.42 Å². The number of aliphatic hydroxyl groups excluding tert-OH is 2. The van der Waals surface area contributed by atoms with Gasteiger partial charge >= 0.3 is 11.4 Å². The number of anilines is 1. The number of ether oxygens (including phenoxy) is 2. The Balaban J connectivity index is 0.000000176. The molecule has 4 rings (SSSR count). The fraction of sp³-hybridized carbons (Fsp3) is 0.474. The van der Waals surface area contributed by atoms with E-state index in [1.54, 1.807) is 31.3 Å². The molecule has 2 aromatic heterocycles. The lowest BCUT2D eigenvalue weighted by Crippen LogP contribution is -2.33. The van der Waals surface area contributed by atoms with Gasteiger partial charge in [-0.1, -0.05) is 6.08 Å². The fourth-order valence-electron chi connectivity index (χ4n) is 3.20. The van der Waals surface area contributed by atoms with Crippen LogP contribution in [-0.2, 0) is 9.47 Å². The number of hydrogen-bond acceptors (Lipinski definition) is 9. The van der Waals surface area contributed by atoms with Crippen molar-refractivity contribution >= 4 is 5.82 Å². The number of hydrogen-bond donors (Lipinski definition) is 4. The summed E-state index contributed by atoms with van der Waals surface area (Å²) < 4.78 is 13.5. The third kappa shape index (κ3) is 5.35. The molecule has 0 aliphatic carbocycles. The van der Waals surface area contributed by atoms with Crippen LogP contribution in [0.4, 0.5) is 5.82 Å². The average Bonchev–Trinajstić information content (AvgIpc) is 3.40. The first-order valence-corrected chi connectivity index (χ1v) is 9.70. The van der Waals surface area contributed by atoms with Gasteiger partial charge in [-0.25, -0.2) is 9.59 Å². The van der Waals surface area contributed by atoms with Gasteiger partial charge in [0.05, 0.1) is 19.3 Å². The molecule has 0 unspecified atom stereocenters. The fourth-order valence-corrected chi connectivity index (χ4v) is 3.20. The molecule has 31 heavy (non-hydrogen) atoms. The van der Waals surface area contributed by atoms with Crippen LogP contribution in [0.2, 0.25) is 0 Å². The molecule has 4 heterocycles. The monoisotopic (exact) mass is 435 g/mol. The van der Waals surface area contributed by atoms with Gasteiger partial charge in [0.15, 0.2) is 6.23 Å². The first kappa shape index (κ1) is 22.6. The number of nitrogens with two attached hydrogens (primary N) is 1. The maximum absolute atomic E-state index is 11.5. The third-order valence-corrected chi connectivity index (χ3v) is 4.86. The minimum atomic E-state index is -0.569. The van der Waals surface area contributed by atoms with Crippen LogP contribution in [0.5, 0.6) is 0 Å². The summed E-state index contributed by atoms with van der Waals surface area (Å²) in [5.41, 5.74) is 4.47. The second kappa shape index (κ2) is 9.83. The summed E-state index contributed by atoms with van der Waals surface area (Å²) in [6.45, 7) is 1.45. The van der Waals surface area contributed by atoms with Crippen molar-refractivity contribution in [1.29, 1.82) is 0 Å². The predicted molar refractivity (Wildman–Crippen MR) is 109 cm³/mol. The number of aliphatic hydroxyl groups is 2. The molecule has 2 aliphatic heterocycles. The minimum absolute atomic E-state index is 0.0202. The summed E-state index contributed by atoms with van der Waals surface area (Å²) in [6.07, 6.45) is 6.32. The lowest BCUT2D eigenvalue weighted by atomic mass is 10.2. The topological polar surface area (TPSA) is 175 Å². The highest BCUT2D eigenvalue weighted by Crippen LogP contribution is 2.26. The molecule has 2 aromatic rings. The van der Waals surface area contributed by atoms with E-state index in [0.29, 0.717) is 12.0 Å². The van der Waals surface area contributed by atoms with E-state index in [1.165, 1.54) is 15.3 Å². The molecule has 0 amide bonds. The largest absolute Gasteiger partial charge is 0.394 e. The molecular weight excluding hydrogens is 410 g/mol. The van der Waals surface area contributed by atoms with Crippen molar-refractivity contribution in [1.82, 2.24) is 19.1 Å². The Morgan fingerprint density at radius 2 is 1.94 bits per heavy atom. The Morgan fingerprint density at radius 1 is 1.16 bits per heavy atom. The minimum Gasteiger partial charge on any atom is -0.394 e. The molecule has 168 valence electrons. The summed E-state index contributed by atoms with van der Waals surface area (Å²) in [7, 11) is 0. The normalized spacial score (nSPS) is 24.7. The van der Waals surface area contributed by atoms with E-state index in [2.05, 4.69) is 9.97 Å². The van der Waals surface area contributed by atoms with Crippen molar-refractivity contribution in [3.8, 4) is 0 Å². The van der Waals surface area contributed by atoms with E-state index in [1.807, 2.05) is 0 Å². The Labute approximate surface area is 176 Å². The Kier molecular flexibility index (Phi) is 7.17. The molecule has 2 aliphatic rings. The molecule has 1 fully saturated rings. The molecule has 0 aromatic carbocycles. The van der Waals surface area contributed by atoms with Gasteiger partial charge in [0, 0.05) is 18.0 Å². The van der Waals surface area contributed by atoms with Gasteiger partial charge in [-0.2, -0.15) is 4.98 Å². The Morgan fingerprint density at radius 3 is 2.55 bits per heavy atom. The molecule has 0 spiro atoms. The van der Waals surface area contributed by atoms with Crippen LogP contribution in [0.15, 0.2) is 45.0 Å². The van der Waals surface area contributed by atoms with Crippen LogP contribution in [-0.4, -0.2) is 54.7 Å². The highest BCUT2D eigenvalue weighted by molar-refractivity contribution is 5.23. The van der Waals surface area contributed by atoms with Gasteiger partial charge < -0.3 is 25.4 Å². The number of aromatic nitrogens is 4. The number of nitrogen functional groups attached to an aromatic ring is 1. The lowest BCUT2D eigenvalue weighted by molar-refractivity contribution is -0.0245. The van der Waals surface area contributed by atoms with Gasteiger partial charge in [-0.05, 0) is 31.9 Å². The zero-order chi connectivity index (χ0) is 22.5. The van der Waals surface area contributed by atoms with E-state index in [9.17, 15) is 14.4 Å². The number of nitrogens with one attached hydrogen (secondary N) is 1. The van der Waals surface area contributed by atoms with Crippen molar-refractivity contribution in [2.24, 2.45) is 0 Å². The molecule has 0 radical (unpaired) electrons. The van der Waals surface area contributed by atoms with Gasteiger partial charge in [0.2, 0.25) is 0 Å². The highest BCUT2D eigenvalue weighted by Gasteiger charge is 2.26. The summed E-state index contributed by atoms with van der Waals surface area (Å²) >= 11 is 0. The van der Waals surface area contributed by atoms with Crippen molar-refractivity contribution < 1.29 is 19.7 Å². The maximum atomic E-state index is 11.5. The average molecular weight is 435 g/mol. The SMILES string of the molecule is Cc1cn([C@H]2C=C[C@@H](CO)O2)c(=O)[nH]c1=O.Nc1ccn([C@H]2CC[C@@H](CO)O2)c(=O)n1. The van der Waals surface area contributed by atoms with Gasteiger partial charge in [-0.15, -0.1) is 0 Å². The van der Waals surface area contributed by atoms with Crippen molar-refractivity contribution in [3.05, 3.63) is 67.5 Å². The number of rotatable bonds is 4. The quantitative estimate of drug-likeness (QED) is 0.429.